The van der Waals surface area contributed by atoms with Crippen LogP contribution < -0.4 is 5.73 Å². The van der Waals surface area contributed by atoms with Crippen LogP contribution in [0.25, 0.3) is 22.5 Å². The van der Waals surface area contributed by atoms with Gasteiger partial charge in [0.15, 0.2) is 0 Å². The fraction of sp³-hybridized carbons (Fsp3) is 0.143. The molecule has 3 rings (SSSR count). The average Bonchev–Trinajstić information content (AvgIpc) is 2.98. The zero-order chi connectivity index (χ0) is 13.4. The van der Waals surface area contributed by atoms with Crippen LogP contribution in [0, 0.1) is 0 Å². The van der Waals surface area contributed by atoms with E-state index in [0.717, 1.165) is 22.5 Å². The van der Waals surface area contributed by atoms with Crippen molar-refractivity contribution in [2.45, 2.75) is 0 Å². The number of aromatic nitrogens is 4. The molecule has 0 aliphatic rings. The van der Waals surface area contributed by atoms with E-state index >= 15 is 0 Å². The zero-order valence-electron chi connectivity index (χ0n) is 10.9. The van der Waals surface area contributed by atoms with Crippen molar-refractivity contribution in [1.29, 1.82) is 0 Å². The van der Waals surface area contributed by atoms with Gasteiger partial charge in [-0.25, -0.2) is 4.98 Å². The predicted octanol–water partition coefficient (Wildman–Crippen LogP) is 2.07. The van der Waals surface area contributed by atoms with Crippen LogP contribution in [-0.4, -0.2) is 19.3 Å². The van der Waals surface area contributed by atoms with E-state index in [9.17, 15) is 0 Å². The minimum absolute atomic E-state index is 0.671. The second kappa shape index (κ2) is 4.28. The summed E-state index contributed by atoms with van der Waals surface area (Å²) < 4.78 is 3.66. The molecule has 19 heavy (non-hydrogen) atoms. The first-order chi connectivity index (χ1) is 9.16. The molecular formula is C14H15N5. The van der Waals surface area contributed by atoms with Crippen LogP contribution in [0.15, 0.2) is 42.9 Å². The number of aryl methyl sites for hydroxylation is 2. The maximum Gasteiger partial charge on any atom is 0.139 e. The summed E-state index contributed by atoms with van der Waals surface area (Å²) in [4.78, 5) is 4.33. The predicted molar refractivity (Wildman–Crippen MR) is 75.3 cm³/mol. The highest BCUT2D eigenvalue weighted by molar-refractivity contribution is 5.75. The van der Waals surface area contributed by atoms with Gasteiger partial charge >= 0.3 is 0 Å². The van der Waals surface area contributed by atoms with E-state index in [2.05, 4.69) is 10.1 Å². The second-order valence-corrected chi connectivity index (χ2v) is 4.51. The van der Waals surface area contributed by atoms with Gasteiger partial charge in [-0.2, -0.15) is 5.10 Å². The van der Waals surface area contributed by atoms with Crippen LogP contribution in [0.1, 0.15) is 0 Å². The SMILES string of the molecule is Cn1ccnc1-c1ccc(-c2cnn(C)c2N)cc1. The summed E-state index contributed by atoms with van der Waals surface area (Å²) in [5.41, 5.74) is 9.07. The Morgan fingerprint density at radius 2 is 1.74 bits per heavy atom. The number of rotatable bonds is 2. The molecule has 0 radical (unpaired) electrons. The normalized spacial score (nSPS) is 10.8. The van der Waals surface area contributed by atoms with Gasteiger partial charge in [0, 0.05) is 37.6 Å². The minimum atomic E-state index is 0.671. The molecule has 2 heterocycles. The molecule has 0 saturated carbocycles. The molecule has 96 valence electrons. The van der Waals surface area contributed by atoms with Gasteiger partial charge in [0.25, 0.3) is 0 Å². The number of imidazole rings is 1. The zero-order valence-corrected chi connectivity index (χ0v) is 10.9. The number of nitrogens with two attached hydrogens (primary N) is 1. The van der Waals surface area contributed by atoms with Crippen molar-refractivity contribution in [3.63, 3.8) is 0 Å². The standard InChI is InChI=1S/C14H15N5/c1-18-8-7-16-14(18)11-5-3-10(4-6-11)12-9-17-19(2)13(12)15/h3-9H,15H2,1-2H3. The Morgan fingerprint density at radius 1 is 1.05 bits per heavy atom. The molecule has 0 bridgehead atoms. The minimum Gasteiger partial charge on any atom is -0.383 e. The summed E-state index contributed by atoms with van der Waals surface area (Å²) >= 11 is 0. The Kier molecular flexibility index (Phi) is 2.59. The Hall–Kier alpha value is -2.56. The first-order valence-electron chi connectivity index (χ1n) is 6.02. The van der Waals surface area contributed by atoms with E-state index in [1.165, 1.54) is 0 Å². The van der Waals surface area contributed by atoms with E-state index in [1.54, 1.807) is 17.1 Å². The Balaban J connectivity index is 2.00. The lowest BCUT2D eigenvalue weighted by molar-refractivity contribution is 0.779. The fourth-order valence-electron chi connectivity index (χ4n) is 2.11. The van der Waals surface area contributed by atoms with Crippen LogP contribution in [0.2, 0.25) is 0 Å². The first-order valence-corrected chi connectivity index (χ1v) is 6.02. The van der Waals surface area contributed by atoms with E-state index < -0.39 is 0 Å². The first kappa shape index (κ1) is 11.5. The Morgan fingerprint density at radius 3 is 2.26 bits per heavy atom. The number of hydrogen-bond donors (Lipinski definition) is 1. The number of benzene rings is 1. The Labute approximate surface area is 111 Å². The van der Waals surface area contributed by atoms with Crippen molar-refractivity contribution in [2.24, 2.45) is 14.1 Å². The molecule has 0 aliphatic heterocycles. The van der Waals surface area contributed by atoms with Crippen molar-refractivity contribution in [3.8, 4) is 22.5 Å². The lowest BCUT2D eigenvalue weighted by Crippen LogP contribution is -1.98. The molecule has 0 spiro atoms. The summed E-state index contributed by atoms with van der Waals surface area (Å²) in [7, 11) is 3.82. The number of nitrogen functional groups attached to an aromatic ring is 1. The van der Waals surface area contributed by atoms with Crippen LogP contribution in [0.4, 0.5) is 5.82 Å². The van der Waals surface area contributed by atoms with Gasteiger partial charge < -0.3 is 10.3 Å². The molecule has 0 atom stereocenters. The van der Waals surface area contributed by atoms with Crippen molar-refractivity contribution < 1.29 is 0 Å². The molecule has 0 saturated heterocycles. The van der Waals surface area contributed by atoms with Gasteiger partial charge in [0.2, 0.25) is 0 Å². The highest BCUT2D eigenvalue weighted by atomic mass is 15.3. The molecule has 0 fully saturated rings. The average molecular weight is 253 g/mol. The highest BCUT2D eigenvalue weighted by Gasteiger charge is 2.08. The van der Waals surface area contributed by atoms with Crippen molar-refractivity contribution in [2.75, 3.05) is 5.73 Å². The molecule has 0 amide bonds. The fourth-order valence-corrected chi connectivity index (χ4v) is 2.11. The summed E-state index contributed by atoms with van der Waals surface area (Å²) in [6.07, 6.45) is 5.51. The van der Waals surface area contributed by atoms with Crippen LogP contribution in [-0.2, 0) is 14.1 Å². The van der Waals surface area contributed by atoms with Gasteiger partial charge in [-0.3, -0.25) is 4.68 Å². The summed E-state index contributed by atoms with van der Waals surface area (Å²) in [6.45, 7) is 0. The van der Waals surface area contributed by atoms with Gasteiger partial charge in [-0.15, -0.1) is 0 Å². The third kappa shape index (κ3) is 1.89. The van der Waals surface area contributed by atoms with Gasteiger partial charge in [-0.05, 0) is 5.56 Å². The van der Waals surface area contributed by atoms with Gasteiger partial charge in [0.05, 0.1) is 6.20 Å². The van der Waals surface area contributed by atoms with E-state index in [4.69, 9.17) is 5.73 Å². The van der Waals surface area contributed by atoms with Gasteiger partial charge in [-0.1, -0.05) is 24.3 Å². The smallest absolute Gasteiger partial charge is 0.139 e. The van der Waals surface area contributed by atoms with Crippen molar-refractivity contribution in [1.82, 2.24) is 19.3 Å². The molecule has 0 unspecified atom stereocenters. The van der Waals surface area contributed by atoms with Crippen molar-refractivity contribution in [3.05, 3.63) is 42.9 Å². The van der Waals surface area contributed by atoms with E-state index in [0.29, 0.717) is 5.82 Å². The number of anilines is 1. The van der Waals surface area contributed by atoms with Crippen LogP contribution in [0.3, 0.4) is 0 Å². The quantitative estimate of drug-likeness (QED) is 0.760. The van der Waals surface area contributed by atoms with E-state index in [1.807, 2.05) is 49.1 Å². The third-order valence-electron chi connectivity index (χ3n) is 3.26. The molecule has 5 heteroatoms. The third-order valence-corrected chi connectivity index (χ3v) is 3.26. The maximum atomic E-state index is 5.98. The largest absolute Gasteiger partial charge is 0.383 e. The summed E-state index contributed by atoms with van der Waals surface area (Å²) in [5.74, 6) is 1.62. The summed E-state index contributed by atoms with van der Waals surface area (Å²) in [6, 6.07) is 8.17. The molecule has 3 aromatic rings. The lowest BCUT2D eigenvalue weighted by Gasteiger charge is -2.04. The molecule has 2 aromatic heterocycles. The van der Waals surface area contributed by atoms with Gasteiger partial charge in [0.1, 0.15) is 11.6 Å². The van der Waals surface area contributed by atoms with E-state index in [-0.39, 0.29) is 0 Å². The molecular weight excluding hydrogens is 238 g/mol. The van der Waals surface area contributed by atoms with Crippen molar-refractivity contribution >= 4 is 5.82 Å². The maximum absolute atomic E-state index is 5.98. The molecule has 1 aromatic carbocycles. The Bertz CT molecular complexity index is 706. The van der Waals surface area contributed by atoms with Crippen LogP contribution in [0.5, 0.6) is 0 Å². The molecule has 5 nitrogen and oxygen atoms in total. The summed E-state index contributed by atoms with van der Waals surface area (Å²) in [5, 5.41) is 4.15. The monoisotopic (exact) mass is 253 g/mol. The lowest BCUT2D eigenvalue weighted by atomic mass is 10.1. The number of nitrogens with zero attached hydrogens (tertiary/aromatic N) is 4. The molecule has 0 aliphatic carbocycles. The second-order valence-electron chi connectivity index (χ2n) is 4.51. The topological polar surface area (TPSA) is 61.7 Å². The van der Waals surface area contributed by atoms with Crippen LogP contribution >= 0.6 is 0 Å². The number of hydrogen-bond acceptors (Lipinski definition) is 3. The molecule has 2 N–H and O–H groups in total. The highest BCUT2D eigenvalue weighted by Crippen LogP contribution is 2.27.